The smallest absolute Gasteiger partial charge is 0.315 e. The number of nitrogens with one attached hydrogen (secondary N) is 2. The third kappa shape index (κ3) is 5.12. The molecule has 0 unspecified atom stereocenters. The fourth-order valence-electron chi connectivity index (χ4n) is 2.33. The Labute approximate surface area is 134 Å². The lowest BCUT2D eigenvalue weighted by molar-refractivity contribution is 0.0387. The summed E-state index contributed by atoms with van der Waals surface area (Å²) in [4.78, 5) is 14.1. The predicted octanol–water partition coefficient (Wildman–Crippen LogP) is 2.17. The lowest BCUT2D eigenvalue weighted by Gasteiger charge is -2.26. The van der Waals surface area contributed by atoms with Crippen molar-refractivity contribution in [2.75, 3.05) is 39.4 Å². The summed E-state index contributed by atoms with van der Waals surface area (Å²) in [5.41, 5.74) is 0.686. The van der Waals surface area contributed by atoms with E-state index >= 15 is 0 Å². The molecule has 1 fully saturated rings. The maximum absolute atomic E-state index is 13.0. The summed E-state index contributed by atoms with van der Waals surface area (Å²) >= 11 is 5.98. The van der Waals surface area contributed by atoms with Crippen LogP contribution in [0.2, 0.25) is 5.02 Å². The molecule has 1 aliphatic rings. The number of carbonyl (C=O) groups excluding carboxylic acids is 1. The highest BCUT2D eigenvalue weighted by Gasteiger charge is 2.14. The third-order valence-electron chi connectivity index (χ3n) is 3.59. The predicted molar refractivity (Wildman–Crippen MR) is 83.6 cm³/mol. The highest BCUT2D eigenvalue weighted by atomic mass is 35.5. The minimum absolute atomic E-state index is 0.263. The minimum Gasteiger partial charge on any atom is -0.379 e. The molecule has 0 spiro atoms. The van der Waals surface area contributed by atoms with E-state index in [2.05, 4.69) is 15.5 Å². The quantitative estimate of drug-likeness (QED) is 0.870. The molecular formula is C15H21ClFN3O2. The van der Waals surface area contributed by atoms with Gasteiger partial charge in [0, 0.05) is 31.2 Å². The van der Waals surface area contributed by atoms with Crippen LogP contribution in [0.5, 0.6) is 0 Å². The van der Waals surface area contributed by atoms with E-state index in [1.54, 1.807) is 13.0 Å². The number of carbonyl (C=O) groups is 1. The second-order valence-electron chi connectivity index (χ2n) is 5.24. The Morgan fingerprint density at radius 2 is 2.18 bits per heavy atom. The largest absolute Gasteiger partial charge is 0.379 e. The number of benzene rings is 1. The molecule has 1 atom stereocenters. The van der Waals surface area contributed by atoms with Gasteiger partial charge in [0.25, 0.3) is 0 Å². The van der Waals surface area contributed by atoms with Crippen LogP contribution in [-0.4, -0.2) is 50.3 Å². The molecule has 7 heteroatoms. The summed E-state index contributed by atoms with van der Waals surface area (Å²) in [5.74, 6) is -0.393. The van der Waals surface area contributed by atoms with Gasteiger partial charge < -0.3 is 15.4 Å². The van der Waals surface area contributed by atoms with Gasteiger partial charge in [0.15, 0.2) is 0 Å². The zero-order valence-electron chi connectivity index (χ0n) is 12.6. The Morgan fingerprint density at radius 3 is 2.86 bits per heavy atom. The molecule has 0 radical (unpaired) electrons. The Balaban J connectivity index is 1.73. The number of ether oxygens (including phenoxy) is 1. The lowest BCUT2D eigenvalue weighted by atomic mass is 10.1. The van der Waals surface area contributed by atoms with E-state index in [-0.39, 0.29) is 12.1 Å². The van der Waals surface area contributed by atoms with Crippen LogP contribution < -0.4 is 10.6 Å². The van der Waals surface area contributed by atoms with Gasteiger partial charge in [0.05, 0.1) is 19.3 Å². The van der Waals surface area contributed by atoms with Gasteiger partial charge in [0.1, 0.15) is 5.82 Å². The first kappa shape index (κ1) is 17.0. The summed E-state index contributed by atoms with van der Waals surface area (Å²) < 4.78 is 18.3. The Hall–Kier alpha value is -1.37. The van der Waals surface area contributed by atoms with Gasteiger partial charge in [-0.2, -0.15) is 0 Å². The van der Waals surface area contributed by atoms with Gasteiger partial charge in [0.2, 0.25) is 0 Å². The van der Waals surface area contributed by atoms with Crippen LogP contribution in [0.25, 0.3) is 0 Å². The molecular weight excluding hydrogens is 309 g/mol. The van der Waals surface area contributed by atoms with Gasteiger partial charge in [-0.25, -0.2) is 9.18 Å². The van der Waals surface area contributed by atoms with Crippen molar-refractivity contribution in [3.05, 3.63) is 34.6 Å². The number of rotatable bonds is 5. The molecule has 1 heterocycles. The Morgan fingerprint density at radius 1 is 1.45 bits per heavy atom. The van der Waals surface area contributed by atoms with E-state index in [9.17, 15) is 9.18 Å². The van der Waals surface area contributed by atoms with E-state index in [0.717, 1.165) is 32.8 Å². The number of hydrogen-bond acceptors (Lipinski definition) is 3. The van der Waals surface area contributed by atoms with Crippen molar-refractivity contribution in [1.82, 2.24) is 15.5 Å². The van der Waals surface area contributed by atoms with Gasteiger partial charge in [-0.3, -0.25) is 4.90 Å². The Kier molecular flexibility index (Phi) is 6.42. The van der Waals surface area contributed by atoms with Crippen molar-refractivity contribution in [2.24, 2.45) is 0 Å². The van der Waals surface area contributed by atoms with E-state index < -0.39 is 5.82 Å². The molecule has 0 saturated carbocycles. The van der Waals surface area contributed by atoms with Crippen LogP contribution in [0.4, 0.5) is 9.18 Å². The summed E-state index contributed by atoms with van der Waals surface area (Å²) in [7, 11) is 0. The second kappa shape index (κ2) is 8.31. The highest BCUT2D eigenvalue weighted by molar-refractivity contribution is 6.31. The maximum Gasteiger partial charge on any atom is 0.315 e. The molecule has 2 amide bonds. The summed E-state index contributed by atoms with van der Waals surface area (Å²) in [6.07, 6.45) is 0. The summed E-state index contributed by atoms with van der Waals surface area (Å²) in [5, 5.41) is 5.91. The lowest BCUT2D eigenvalue weighted by Crippen LogP contribution is -2.44. The number of hydrogen-bond donors (Lipinski definition) is 2. The van der Waals surface area contributed by atoms with E-state index in [1.165, 1.54) is 12.1 Å². The topological polar surface area (TPSA) is 53.6 Å². The second-order valence-corrected chi connectivity index (χ2v) is 5.65. The van der Waals surface area contributed by atoms with E-state index in [0.29, 0.717) is 17.1 Å². The number of halogens is 2. The van der Waals surface area contributed by atoms with Crippen LogP contribution >= 0.6 is 11.6 Å². The molecule has 122 valence electrons. The number of morpholine rings is 1. The van der Waals surface area contributed by atoms with Gasteiger partial charge in [-0.05, 0) is 24.6 Å². The zero-order valence-corrected chi connectivity index (χ0v) is 13.3. The van der Waals surface area contributed by atoms with Crippen molar-refractivity contribution < 1.29 is 13.9 Å². The van der Waals surface area contributed by atoms with E-state index in [1.807, 2.05) is 0 Å². The first-order valence-corrected chi connectivity index (χ1v) is 7.73. The first-order chi connectivity index (χ1) is 10.6. The fourth-order valence-corrected chi connectivity index (χ4v) is 2.66. The van der Waals surface area contributed by atoms with E-state index in [4.69, 9.17) is 16.3 Å². The van der Waals surface area contributed by atoms with Crippen molar-refractivity contribution in [3.8, 4) is 0 Å². The summed E-state index contributed by atoms with van der Waals surface area (Å²) in [6, 6.07) is 3.59. The van der Waals surface area contributed by atoms with Crippen LogP contribution in [0, 0.1) is 5.82 Å². The molecule has 2 rings (SSSR count). The minimum atomic E-state index is -0.393. The summed E-state index contributed by atoms with van der Waals surface area (Å²) in [6.45, 7) is 6.44. The van der Waals surface area contributed by atoms with Crippen molar-refractivity contribution in [3.63, 3.8) is 0 Å². The first-order valence-electron chi connectivity index (χ1n) is 7.35. The monoisotopic (exact) mass is 329 g/mol. The standard InChI is InChI=1S/C15H21ClFN3O2/c1-11(13-3-2-12(17)10-14(13)16)19-15(21)18-4-5-20-6-8-22-9-7-20/h2-3,10-11H,4-9H2,1H3,(H2,18,19,21)/t11-/m1/s1. The molecule has 0 aromatic heterocycles. The van der Waals surface area contributed by atoms with Crippen LogP contribution in [0.15, 0.2) is 18.2 Å². The molecule has 1 saturated heterocycles. The normalized spacial score (nSPS) is 17.0. The van der Waals surface area contributed by atoms with Crippen LogP contribution in [0.1, 0.15) is 18.5 Å². The Bertz CT molecular complexity index is 510. The molecule has 1 aromatic rings. The van der Waals surface area contributed by atoms with Crippen molar-refractivity contribution >= 4 is 17.6 Å². The average Bonchev–Trinajstić information content (AvgIpc) is 2.48. The molecule has 0 aliphatic carbocycles. The number of nitrogens with zero attached hydrogens (tertiary/aromatic N) is 1. The third-order valence-corrected chi connectivity index (χ3v) is 3.92. The van der Waals surface area contributed by atoms with Crippen molar-refractivity contribution in [1.29, 1.82) is 0 Å². The van der Waals surface area contributed by atoms with Crippen molar-refractivity contribution in [2.45, 2.75) is 13.0 Å². The molecule has 2 N–H and O–H groups in total. The fraction of sp³-hybridized carbons (Fsp3) is 0.533. The zero-order chi connectivity index (χ0) is 15.9. The molecule has 22 heavy (non-hydrogen) atoms. The van der Waals surface area contributed by atoms with Crippen LogP contribution in [0.3, 0.4) is 0 Å². The average molecular weight is 330 g/mol. The van der Waals surface area contributed by atoms with Gasteiger partial charge >= 0.3 is 6.03 Å². The van der Waals surface area contributed by atoms with Crippen LogP contribution in [-0.2, 0) is 4.74 Å². The van der Waals surface area contributed by atoms with Gasteiger partial charge in [-0.1, -0.05) is 17.7 Å². The highest BCUT2D eigenvalue weighted by Crippen LogP contribution is 2.23. The number of amides is 2. The molecule has 1 aliphatic heterocycles. The molecule has 5 nitrogen and oxygen atoms in total. The molecule has 0 bridgehead atoms. The molecule has 1 aromatic carbocycles. The number of urea groups is 1. The SMILES string of the molecule is C[C@@H](NC(=O)NCCN1CCOCC1)c1ccc(F)cc1Cl. The van der Waals surface area contributed by atoms with Gasteiger partial charge in [-0.15, -0.1) is 0 Å². The maximum atomic E-state index is 13.0.